The summed E-state index contributed by atoms with van der Waals surface area (Å²) in [7, 11) is 0. The predicted molar refractivity (Wildman–Crippen MR) is 107 cm³/mol. The van der Waals surface area contributed by atoms with E-state index in [2.05, 4.69) is 20.1 Å². The Bertz CT molecular complexity index is 1180. The number of pyridine rings is 1. The summed E-state index contributed by atoms with van der Waals surface area (Å²) in [6, 6.07) is 7.47. The van der Waals surface area contributed by atoms with E-state index >= 15 is 0 Å². The minimum Gasteiger partial charge on any atom is -0.468 e. The zero-order chi connectivity index (χ0) is 24.5. The monoisotopic (exact) mass is 484 g/mol. The lowest BCUT2D eigenvalue weighted by Crippen LogP contribution is -2.24. The Kier molecular flexibility index (Phi) is 6.24. The van der Waals surface area contributed by atoms with Crippen LogP contribution in [-0.2, 0) is 12.7 Å². The number of carbonyl (C=O) groups excluding carboxylic acids is 1. The van der Waals surface area contributed by atoms with E-state index < -0.39 is 30.4 Å². The van der Waals surface area contributed by atoms with Crippen molar-refractivity contribution in [3.05, 3.63) is 71.2 Å². The molecule has 0 radical (unpaired) electrons. The number of alkyl halides is 6. The summed E-state index contributed by atoms with van der Waals surface area (Å²) in [6.07, 6.45) is -4.92. The number of rotatable bonds is 7. The molecule has 1 amide bonds. The average molecular weight is 484 g/mol. The van der Waals surface area contributed by atoms with Gasteiger partial charge >= 0.3 is 12.4 Å². The molecule has 180 valence electrons. The van der Waals surface area contributed by atoms with Crippen molar-refractivity contribution < 1.29 is 35.9 Å². The summed E-state index contributed by atoms with van der Waals surface area (Å²) >= 11 is 0. The van der Waals surface area contributed by atoms with Crippen molar-refractivity contribution in [1.29, 1.82) is 0 Å². The first-order valence-corrected chi connectivity index (χ1v) is 10.2. The van der Waals surface area contributed by atoms with Gasteiger partial charge in [-0.3, -0.25) is 4.79 Å². The maximum absolute atomic E-state index is 13.1. The molecule has 6 nitrogen and oxygen atoms in total. The molecule has 0 spiro atoms. The van der Waals surface area contributed by atoms with Crippen LogP contribution >= 0.6 is 0 Å². The number of amides is 1. The van der Waals surface area contributed by atoms with Gasteiger partial charge in [-0.1, -0.05) is 6.07 Å². The van der Waals surface area contributed by atoms with Crippen molar-refractivity contribution >= 4 is 5.91 Å². The summed E-state index contributed by atoms with van der Waals surface area (Å²) in [5.41, 5.74) is 0.563. The van der Waals surface area contributed by atoms with Crippen molar-refractivity contribution in [1.82, 2.24) is 20.1 Å². The van der Waals surface area contributed by atoms with Crippen LogP contribution in [0.1, 0.15) is 45.9 Å². The van der Waals surface area contributed by atoms with Gasteiger partial charge in [0, 0.05) is 24.7 Å². The lowest BCUT2D eigenvalue weighted by molar-refractivity contribution is -0.154. The lowest BCUT2D eigenvalue weighted by atomic mass is 10.1. The minimum absolute atomic E-state index is 0.0129. The fourth-order valence-corrected chi connectivity index (χ4v) is 3.37. The molecule has 0 saturated heterocycles. The molecule has 34 heavy (non-hydrogen) atoms. The maximum Gasteiger partial charge on any atom is 0.422 e. The van der Waals surface area contributed by atoms with Crippen molar-refractivity contribution in [2.24, 2.45) is 0 Å². The second-order valence-corrected chi connectivity index (χ2v) is 7.77. The predicted octanol–water partition coefficient (Wildman–Crippen LogP) is 5.03. The molecular formula is C22H18F6N4O2. The zero-order valence-corrected chi connectivity index (χ0v) is 17.5. The molecule has 4 rings (SSSR count). The van der Waals surface area contributed by atoms with Gasteiger partial charge in [-0.05, 0) is 42.7 Å². The van der Waals surface area contributed by atoms with E-state index in [0.29, 0.717) is 11.3 Å². The van der Waals surface area contributed by atoms with Crippen LogP contribution in [0, 0.1) is 0 Å². The Morgan fingerprint density at radius 2 is 1.88 bits per heavy atom. The van der Waals surface area contributed by atoms with Gasteiger partial charge in [-0.2, -0.15) is 31.4 Å². The summed E-state index contributed by atoms with van der Waals surface area (Å²) in [5.74, 6) is -0.754. The van der Waals surface area contributed by atoms with Gasteiger partial charge < -0.3 is 10.1 Å². The molecule has 0 unspecified atom stereocenters. The summed E-state index contributed by atoms with van der Waals surface area (Å²) in [4.78, 5) is 16.6. The SMILES string of the molecule is O=C(NCc1ccnc(OCC(F)(F)F)c1)c1cnn(-c2cccc(C(F)(F)F)c2)c1C1CC1. The van der Waals surface area contributed by atoms with E-state index in [9.17, 15) is 31.1 Å². The van der Waals surface area contributed by atoms with E-state index in [0.717, 1.165) is 25.0 Å². The number of hydrogen-bond donors (Lipinski definition) is 1. The molecule has 0 aliphatic heterocycles. The average Bonchev–Trinajstić information content (AvgIpc) is 3.53. The summed E-state index contributed by atoms with van der Waals surface area (Å²) in [6.45, 7) is -1.52. The smallest absolute Gasteiger partial charge is 0.422 e. The highest BCUT2D eigenvalue weighted by Gasteiger charge is 2.34. The molecular weight excluding hydrogens is 466 g/mol. The Morgan fingerprint density at radius 3 is 2.56 bits per heavy atom. The highest BCUT2D eigenvalue weighted by molar-refractivity contribution is 5.95. The molecule has 2 heterocycles. The Labute approximate surface area is 189 Å². The van der Waals surface area contributed by atoms with E-state index in [-0.39, 0.29) is 29.6 Å². The maximum atomic E-state index is 13.1. The number of aromatic nitrogens is 3. The number of ether oxygens (including phenoxy) is 1. The third-order valence-electron chi connectivity index (χ3n) is 5.07. The van der Waals surface area contributed by atoms with Gasteiger partial charge in [0.2, 0.25) is 5.88 Å². The number of nitrogens with one attached hydrogen (secondary N) is 1. The fraction of sp³-hybridized carbons (Fsp3) is 0.318. The van der Waals surface area contributed by atoms with E-state index in [1.165, 1.54) is 41.3 Å². The van der Waals surface area contributed by atoms with Crippen molar-refractivity contribution in [2.45, 2.75) is 37.7 Å². The first-order valence-electron chi connectivity index (χ1n) is 10.2. The number of hydrogen-bond acceptors (Lipinski definition) is 4. The first kappa shape index (κ1) is 23.6. The van der Waals surface area contributed by atoms with Crippen LogP contribution in [0.4, 0.5) is 26.3 Å². The normalized spacial score (nSPS) is 14.2. The van der Waals surface area contributed by atoms with Gasteiger partial charge in [-0.15, -0.1) is 0 Å². The molecule has 2 aromatic heterocycles. The van der Waals surface area contributed by atoms with Crippen LogP contribution in [0.3, 0.4) is 0 Å². The third kappa shape index (κ3) is 5.67. The molecule has 1 fully saturated rings. The molecule has 1 N–H and O–H groups in total. The largest absolute Gasteiger partial charge is 0.468 e. The molecule has 1 aromatic carbocycles. The van der Waals surface area contributed by atoms with E-state index in [1.807, 2.05) is 0 Å². The summed E-state index contributed by atoms with van der Waals surface area (Å²) in [5, 5.41) is 6.82. The molecule has 0 bridgehead atoms. The van der Waals surface area contributed by atoms with Crippen LogP contribution in [0.2, 0.25) is 0 Å². The fourth-order valence-electron chi connectivity index (χ4n) is 3.37. The van der Waals surface area contributed by atoms with Crippen LogP contribution in [-0.4, -0.2) is 33.5 Å². The van der Waals surface area contributed by atoms with Gasteiger partial charge in [0.1, 0.15) is 0 Å². The standard InChI is InChI=1S/C22H18F6N4O2/c23-21(24,25)12-34-18-8-13(6-7-29-18)10-30-20(33)17-11-31-32(19(17)14-4-5-14)16-3-1-2-15(9-16)22(26,27)28/h1-3,6-9,11,14H,4-5,10,12H2,(H,30,33). The molecule has 3 aromatic rings. The van der Waals surface area contributed by atoms with Crippen LogP contribution in [0.15, 0.2) is 48.8 Å². The van der Waals surface area contributed by atoms with Crippen molar-refractivity contribution in [3.8, 4) is 11.6 Å². The molecule has 1 aliphatic rings. The Balaban J connectivity index is 1.51. The summed E-state index contributed by atoms with van der Waals surface area (Å²) < 4.78 is 82.3. The quantitative estimate of drug-likeness (QED) is 0.478. The topological polar surface area (TPSA) is 69.0 Å². The minimum atomic E-state index is -4.52. The highest BCUT2D eigenvalue weighted by atomic mass is 19.4. The number of halogens is 6. The van der Waals surface area contributed by atoms with Gasteiger partial charge in [0.25, 0.3) is 5.91 Å². The van der Waals surface area contributed by atoms with Gasteiger partial charge in [-0.25, -0.2) is 9.67 Å². The number of nitrogens with zero attached hydrogens (tertiary/aromatic N) is 3. The van der Waals surface area contributed by atoms with Crippen LogP contribution in [0.5, 0.6) is 5.88 Å². The number of benzene rings is 1. The van der Waals surface area contributed by atoms with Crippen molar-refractivity contribution in [3.63, 3.8) is 0 Å². The lowest BCUT2D eigenvalue weighted by Gasteiger charge is -2.12. The molecule has 12 heteroatoms. The second kappa shape index (κ2) is 8.99. The molecule has 0 atom stereocenters. The van der Waals surface area contributed by atoms with Crippen LogP contribution < -0.4 is 10.1 Å². The third-order valence-corrected chi connectivity index (χ3v) is 5.07. The van der Waals surface area contributed by atoms with E-state index in [1.54, 1.807) is 0 Å². The van der Waals surface area contributed by atoms with E-state index in [4.69, 9.17) is 0 Å². The zero-order valence-electron chi connectivity index (χ0n) is 17.5. The van der Waals surface area contributed by atoms with Gasteiger partial charge in [0.05, 0.1) is 28.7 Å². The van der Waals surface area contributed by atoms with Crippen LogP contribution in [0.25, 0.3) is 5.69 Å². The first-order chi connectivity index (χ1) is 16.0. The second-order valence-electron chi connectivity index (χ2n) is 7.77. The van der Waals surface area contributed by atoms with Crippen molar-refractivity contribution in [2.75, 3.05) is 6.61 Å². The highest BCUT2D eigenvalue weighted by Crippen LogP contribution is 2.43. The Morgan fingerprint density at radius 1 is 1.12 bits per heavy atom. The number of carbonyl (C=O) groups is 1. The Hall–Kier alpha value is -3.57. The molecule has 1 aliphatic carbocycles. The molecule has 1 saturated carbocycles. The van der Waals surface area contributed by atoms with Gasteiger partial charge in [0.15, 0.2) is 6.61 Å².